The van der Waals surface area contributed by atoms with Gasteiger partial charge in [0, 0.05) is 30.8 Å². The van der Waals surface area contributed by atoms with Crippen LogP contribution in [0.25, 0.3) is 0 Å². The van der Waals surface area contributed by atoms with Crippen LogP contribution in [0.15, 0.2) is 24.5 Å². The first kappa shape index (κ1) is 9.82. The van der Waals surface area contributed by atoms with Gasteiger partial charge < -0.3 is 4.90 Å². The lowest BCUT2D eigenvalue weighted by Gasteiger charge is -2.28. The third-order valence-corrected chi connectivity index (χ3v) is 3.58. The monoisotopic (exact) mass is 215 g/mol. The molecule has 0 saturated heterocycles. The van der Waals surface area contributed by atoms with Crippen molar-refractivity contribution in [2.45, 2.75) is 31.6 Å². The molecule has 0 spiro atoms. The lowest BCUT2D eigenvalue weighted by atomic mass is 9.83. The molecule has 2 aliphatic rings. The van der Waals surface area contributed by atoms with Gasteiger partial charge in [0.15, 0.2) is 0 Å². The van der Waals surface area contributed by atoms with Gasteiger partial charge in [0.1, 0.15) is 12.1 Å². The zero-order valence-corrected chi connectivity index (χ0v) is 9.47. The summed E-state index contributed by atoms with van der Waals surface area (Å²) >= 11 is 0. The van der Waals surface area contributed by atoms with Crippen LogP contribution < -0.4 is 4.90 Å². The average molecular weight is 215 g/mol. The van der Waals surface area contributed by atoms with Crippen LogP contribution in [0.1, 0.15) is 37.3 Å². The molecular weight excluding hydrogens is 198 g/mol. The second-order valence-corrected chi connectivity index (χ2v) is 4.63. The summed E-state index contributed by atoms with van der Waals surface area (Å²) in [6.45, 7) is 2.07. The van der Waals surface area contributed by atoms with Gasteiger partial charge >= 0.3 is 0 Å². The van der Waals surface area contributed by atoms with Gasteiger partial charge in [-0.25, -0.2) is 9.97 Å². The van der Waals surface area contributed by atoms with E-state index in [0.717, 1.165) is 25.3 Å². The molecule has 0 N–H and O–H groups in total. The van der Waals surface area contributed by atoms with Crippen LogP contribution >= 0.6 is 0 Å². The molecule has 3 heteroatoms. The van der Waals surface area contributed by atoms with Gasteiger partial charge in [-0.3, -0.25) is 0 Å². The number of aromatic nitrogens is 2. The fraction of sp³-hybridized carbons (Fsp3) is 0.538. The van der Waals surface area contributed by atoms with E-state index in [-0.39, 0.29) is 0 Å². The number of hydrogen-bond donors (Lipinski definition) is 0. The average Bonchev–Trinajstić information content (AvgIpc) is 2.28. The maximum atomic E-state index is 4.40. The van der Waals surface area contributed by atoms with Crippen LogP contribution in [0.4, 0.5) is 5.82 Å². The van der Waals surface area contributed by atoms with Gasteiger partial charge in [-0.15, -0.1) is 0 Å². The minimum Gasteiger partial charge on any atom is -0.352 e. The molecule has 0 amide bonds. The van der Waals surface area contributed by atoms with Crippen LogP contribution in [0, 0.1) is 0 Å². The van der Waals surface area contributed by atoms with Gasteiger partial charge in [-0.1, -0.05) is 18.6 Å². The molecule has 1 fully saturated rings. The quantitative estimate of drug-likeness (QED) is 0.710. The van der Waals surface area contributed by atoms with E-state index >= 15 is 0 Å². The Morgan fingerprint density at radius 3 is 2.81 bits per heavy atom. The largest absolute Gasteiger partial charge is 0.352 e. The van der Waals surface area contributed by atoms with Gasteiger partial charge in [-0.05, 0) is 19.3 Å². The van der Waals surface area contributed by atoms with Crippen molar-refractivity contribution in [1.82, 2.24) is 9.97 Å². The molecule has 0 atom stereocenters. The van der Waals surface area contributed by atoms with Gasteiger partial charge in [0.25, 0.3) is 0 Å². The summed E-state index contributed by atoms with van der Waals surface area (Å²) in [6.07, 6.45) is 11.3. The van der Waals surface area contributed by atoms with E-state index in [0.29, 0.717) is 5.92 Å². The summed E-state index contributed by atoms with van der Waals surface area (Å²) in [5.41, 5.74) is 1.24. The normalized spacial score (nSPS) is 20.9. The maximum Gasteiger partial charge on any atom is 0.132 e. The standard InChI is InChI=1S/C13H17N3/c1-2-7-16(8-3-1)13-9-12(14-10-15-13)11-5-4-6-11/h1-2,9-11H,3-8H2. The second kappa shape index (κ2) is 4.24. The molecular formula is C13H17N3. The highest BCUT2D eigenvalue weighted by atomic mass is 15.2. The molecule has 1 aromatic rings. The summed E-state index contributed by atoms with van der Waals surface area (Å²) in [5.74, 6) is 1.79. The molecule has 1 aliphatic carbocycles. The Morgan fingerprint density at radius 2 is 2.12 bits per heavy atom. The summed E-state index contributed by atoms with van der Waals surface area (Å²) in [7, 11) is 0. The molecule has 2 heterocycles. The van der Waals surface area contributed by atoms with Crippen LogP contribution in [-0.2, 0) is 0 Å². The molecule has 3 rings (SSSR count). The fourth-order valence-corrected chi connectivity index (χ4v) is 2.31. The van der Waals surface area contributed by atoms with Crippen molar-refractivity contribution in [3.8, 4) is 0 Å². The summed E-state index contributed by atoms with van der Waals surface area (Å²) < 4.78 is 0. The Hall–Kier alpha value is -1.38. The van der Waals surface area contributed by atoms with Gasteiger partial charge in [0.05, 0.1) is 0 Å². The predicted octanol–water partition coefficient (Wildman–Crippen LogP) is 2.51. The molecule has 1 saturated carbocycles. The van der Waals surface area contributed by atoms with Crippen molar-refractivity contribution in [3.05, 3.63) is 30.2 Å². The van der Waals surface area contributed by atoms with E-state index in [2.05, 4.69) is 33.1 Å². The Morgan fingerprint density at radius 1 is 1.19 bits per heavy atom. The lowest BCUT2D eigenvalue weighted by molar-refractivity contribution is 0.410. The van der Waals surface area contributed by atoms with E-state index in [4.69, 9.17) is 0 Å². The molecule has 3 nitrogen and oxygen atoms in total. The van der Waals surface area contributed by atoms with Gasteiger partial charge in [0.2, 0.25) is 0 Å². The van der Waals surface area contributed by atoms with Crippen LogP contribution in [0.5, 0.6) is 0 Å². The predicted molar refractivity (Wildman–Crippen MR) is 64.6 cm³/mol. The summed E-state index contributed by atoms with van der Waals surface area (Å²) in [4.78, 5) is 11.1. The van der Waals surface area contributed by atoms with Crippen LogP contribution in [0.3, 0.4) is 0 Å². The second-order valence-electron chi connectivity index (χ2n) is 4.63. The van der Waals surface area contributed by atoms with E-state index in [9.17, 15) is 0 Å². The Balaban J connectivity index is 1.80. The molecule has 1 aromatic heterocycles. The highest BCUT2D eigenvalue weighted by Gasteiger charge is 2.21. The first-order valence-corrected chi connectivity index (χ1v) is 6.15. The van der Waals surface area contributed by atoms with Crippen LogP contribution in [0.2, 0.25) is 0 Å². The topological polar surface area (TPSA) is 29.0 Å². The highest BCUT2D eigenvalue weighted by molar-refractivity contribution is 5.41. The molecule has 0 aromatic carbocycles. The number of hydrogen-bond acceptors (Lipinski definition) is 3. The Bertz CT molecular complexity index is 396. The molecule has 84 valence electrons. The lowest BCUT2D eigenvalue weighted by Crippen LogP contribution is -2.28. The van der Waals surface area contributed by atoms with E-state index < -0.39 is 0 Å². The van der Waals surface area contributed by atoms with Crippen LogP contribution in [-0.4, -0.2) is 23.1 Å². The third-order valence-electron chi connectivity index (χ3n) is 3.58. The Kier molecular flexibility index (Phi) is 2.60. The van der Waals surface area contributed by atoms with E-state index in [1.54, 1.807) is 6.33 Å². The molecule has 16 heavy (non-hydrogen) atoms. The minimum absolute atomic E-state index is 0.696. The first-order valence-electron chi connectivity index (χ1n) is 6.15. The molecule has 0 radical (unpaired) electrons. The van der Waals surface area contributed by atoms with Crippen molar-refractivity contribution < 1.29 is 0 Å². The van der Waals surface area contributed by atoms with Gasteiger partial charge in [-0.2, -0.15) is 0 Å². The van der Waals surface area contributed by atoms with Crippen molar-refractivity contribution in [3.63, 3.8) is 0 Å². The number of anilines is 1. The summed E-state index contributed by atoms with van der Waals surface area (Å²) in [5, 5.41) is 0. The van der Waals surface area contributed by atoms with Crippen molar-refractivity contribution in [2.75, 3.05) is 18.0 Å². The first-order chi connectivity index (χ1) is 7.93. The van der Waals surface area contributed by atoms with Crippen molar-refractivity contribution in [1.29, 1.82) is 0 Å². The molecule has 0 unspecified atom stereocenters. The summed E-state index contributed by atoms with van der Waals surface area (Å²) in [6, 6.07) is 2.18. The SMILES string of the molecule is C1=CCN(c2cc(C3CCC3)ncn2)CC1. The number of rotatable bonds is 2. The van der Waals surface area contributed by atoms with Crippen molar-refractivity contribution in [2.24, 2.45) is 0 Å². The molecule has 0 bridgehead atoms. The van der Waals surface area contributed by atoms with Crippen molar-refractivity contribution >= 4 is 5.82 Å². The zero-order chi connectivity index (χ0) is 10.8. The third kappa shape index (κ3) is 1.82. The highest BCUT2D eigenvalue weighted by Crippen LogP contribution is 2.35. The van der Waals surface area contributed by atoms with E-state index in [1.165, 1.54) is 25.0 Å². The van der Waals surface area contributed by atoms with E-state index in [1.807, 2.05) is 0 Å². The minimum atomic E-state index is 0.696. The smallest absolute Gasteiger partial charge is 0.132 e. The molecule has 1 aliphatic heterocycles. The Labute approximate surface area is 96.2 Å². The maximum absolute atomic E-state index is 4.40. The fourth-order valence-electron chi connectivity index (χ4n) is 2.31. The number of nitrogens with zero attached hydrogens (tertiary/aromatic N) is 3. The zero-order valence-electron chi connectivity index (χ0n) is 9.47.